The van der Waals surface area contributed by atoms with E-state index in [4.69, 9.17) is 0 Å². The zero-order chi connectivity index (χ0) is 20.7. The highest BCUT2D eigenvalue weighted by molar-refractivity contribution is 14.0. The molecule has 1 heterocycles. The van der Waals surface area contributed by atoms with E-state index in [1.807, 2.05) is 38.6 Å². The molecule has 0 saturated carbocycles. The van der Waals surface area contributed by atoms with Crippen LogP contribution in [0.1, 0.15) is 32.0 Å². The number of halogens is 1. The molecule has 2 N–H and O–H groups in total. The zero-order valence-corrected chi connectivity index (χ0v) is 20.7. The van der Waals surface area contributed by atoms with Gasteiger partial charge in [-0.25, -0.2) is 13.4 Å². The topological polar surface area (TPSA) is 91.6 Å². The van der Waals surface area contributed by atoms with E-state index < -0.39 is 10.0 Å². The van der Waals surface area contributed by atoms with Crippen LogP contribution in [-0.4, -0.2) is 48.1 Å². The molecule has 0 bridgehead atoms. The van der Waals surface area contributed by atoms with Crippen LogP contribution in [-0.2, 0) is 30.2 Å². The molecule has 1 aromatic heterocycles. The molecule has 2 rings (SSSR count). The number of hydrogen-bond acceptors (Lipinski definition) is 4. The van der Waals surface area contributed by atoms with Crippen LogP contribution in [0.5, 0.6) is 0 Å². The van der Waals surface area contributed by atoms with Crippen molar-refractivity contribution in [3.63, 3.8) is 0 Å². The Kier molecular flexibility index (Phi) is 10.1. The number of aromatic nitrogens is 2. The summed E-state index contributed by atoms with van der Waals surface area (Å²) in [7, 11) is 0.0202. The molecule has 0 saturated heterocycles. The van der Waals surface area contributed by atoms with Crippen molar-refractivity contribution in [3.05, 3.63) is 47.8 Å². The minimum Gasteiger partial charge on any atom is -0.357 e. The molecule has 0 aliphatic rings. The van der Waals surface area contributed by atoms with Crippen molar-refractivity contribution in [2.75, 3.05) is 13.6 Å². The van der Waals surface area contributed by atoms with Gasteiger partial charge < -0.3 is 10.6 Å². The number of aryl methyl sites for hydroxylation is 1. The predicted octanol–water partition coefficient (Wildman–Crippen LogP) is 2.32. The summed E-state index contributed by atoms with van der Waals surface area (Å²) in [6.45, 7) is 7.51. The van der Waals surface area contributed by atoms with Gasteiger partial charge in [0, 0.05) is 32.9 Å². The van der Waals surface area contributed by atoms with E-state index in [0.717, 1.165) is 17.8 Å². The Morgan fingerprint density at radius 3 is 2.38 bits per heavy atom. The monoisotopic (exact) mass is 534 g/mol. The first-order valence-electron chi connectivity index (χ1n) is 9.31. The van der Waals surface area contributed by atoms with Gasteiger partial charge in [-0.3, -0.25) is 4.68 Å². The summed E-state index contributed by atoms with van der Waals surface area (Å²) in [5.41, 5.74) is 1.98. The van der Waals surface area contributed by atoms with Gasteiger partial charge >= 0.3 is 0 Å². The molecule has 0 spiro atoms. The van der Waals surface area contributed by atoms with E-state index in [9.17, 15) is 8.42 Å². The van der Waals surface area contributed by atoms with Gasteiger partial charge in [0.2, 0.25) is 10.0 Å². The fourth-order valence-electron chi connectivity index (χ4n) is 2.47. The molecular formula is C19H31IN6O2S. The Balaban J connectivity index is 0.00000420. The maximum atomic E-state index is 12.5. The van der Waals surface area contributed by atoms with Crippen LogP contribution >= 0.6 is 24.0 Å². The highest BCUT2D eigenvalue weighted by Crippen LogP contribution is 2.17. The largest absolute Gasteiger partial charge is 0.357 e. The number of guanidine groups is 1. The van der Waals surface area contributed by atoms with E-state index >= 15 is 0 Å². The van der Waals surface area contributed by atoms with Crippen LogP contribution < -0.4 is 10.6 Å². The lowest BCUT2D eigenvalue weighted by Crippen LogP contribution is -2.37. The summed E-state index contributed by atoms with van der Waals surface area (Å²) in [5, 5.41) is 10.6. The number of sulfonamides is 1. The predicted molar refractivity (Wildman–Crippen MR) is 127 cm³/mol. The molecule has 29 heavy (non-hydrogen) atoms. The Morgan fingerprint density at radius 2 is 1.86 bits per heavy atom. The van der Waals surface area contributed by atoms with Crippen molar-refractivity contribution in [3.8, 4) is 0 Å². The third-order valence-electron chi connectivity index (χ3n) is 4.45. The third-order valence-corrected chi connectivity index (χ3v) is 6.50. The average Bonchev–Trinajstić information content (AvgIpc) is 3.08. The molecule has 2 aromatic rings. The molecule has 10 heteroatoms. The molecule has 1 aromatic carbocycles. The van der Waals surface area contributed by atoms with E-state index in [0.29, 0.717) is 19.0 Å². The number of hydrogen-bond donors (Lipinski definition) is 2. The maximum Gasteiger partial charge on any atom is 0.243 e. The van der Waals surface area contributed by atoms with Crippen LogP contribution in [0.3, 0.4) is 0 Å². The second kappa shape index (κ2) is 11.5. The molecule has 0 atom stereocenters. The summed E-state index contributed by atoms with van der Waals surface area (Å²) in [6.07, 6.45) is 1.76. The minimum atomic E-state index is -3.47. The van der Waals surface area contributed by atoms with Gasteiger partial charge in [0.15, 0.2) is 5.96 Å². The van der Waals surface area contributed by atoms with Gasteiger partial charge in [-0.1, -0.05) is 12.1 Å². The molecule has 8 nitrogen and oxygen atoms in total. The van der Waals surface area contributed by atoms with Crippen molar-refractivity contribution >= 4 is 40.0 Å². The van der Waals surface area contributed by atoms with Gasteiger partial charge in [0.05, 0.1) is 23.7 Å². The quantitative estimate of drug-likeness (QED) is 0.308. The Morgan fingerprint density at radius 1 is 1.21 bits per heavy atom. The fourth-order valence-corrected chi connectivity index (χ4v) is 3.84. The van der Waals surface area contributed by atoms with Crippen molar-refractivity contribution in [1.29, 1.82) is 0 Å². The summed E-state index contributed by atoms with van der Waals surface area (Å²) in [4.78, 5) is 4.86. The summed E-state index contributed by atoms with van der Waals surface area (Å²) < 4.78 is 28.2. The lowest BCUT2D eigenvalue weighted by atomic mass is 10.2. The number of rotatable bonds is 8. The van der Waals surface area contributed by atoms with E-state index in [1.54, 1.807) is 37.5 Å². The fraction of sp³-hybridized carbons (Fsp3) is 0.474. The second-order valence-electron chi connectivity index (χ2n) is 6.75. The smallest absolute Gasteiger partial charge is 0.243 e. The van der Waals surface area contributed by atoms with E-state index in [-0.39, 0.29) is 34.9 Å². The second-order valence-corrected chi connectivity index (χ2v) is 8.75. The van der Waals surface area contributed by atoms with Crippen molar-refractivity contribution in [2.24, 2.45) is 12.0 Å². The first-order chi connectivity index (χ1) is 13.3. The van der Waals surface area contributed by atoms with E-state index in [1.165, 1.54) is 4.31 Å². The Labute approximate surface area is 190 Å². The highest BCUT2D eigenvalue weighted by atomic mass is 127. The standard InChI is InChI=1S/C19H30N6O2S.HI/c1-6-20-19(22-14-17-11-12-23-24(17)4)21-13-16-7-9-18(10-8-16)28(26,27)25(5)15(2)3;/h7-12,15H,6,13-14H2,1-5H3,(H2,20,21,22);1H. The summed E-state index contributed by atoms with van der Waals surface area (Å²) in [5.74, 6) is 0.694. The van der Waals surface area contributed by atoms with Crippen LogP contribution in [0, 0.1) is 0 Å². The normalized spacial score (nSPS) is 12.2. The number of nitrogens with one attached hydrogen (secondary N) is 2. The van der Waals surface area contributed by atoms with E-state index in [2.05, 4.69) is 20.7 Å². The number of nitrogens with zero attached hydrogens (tertiary/aromatic N) is 4. The van der Waals surface area contributed by atoms with Crippen molar-refractivity contribution < 1.29 is 8.42 Å². The SMILES string of the molecule is CCNC(=NCc1ccc(S(=O)(=O)N(C)C(C)C)cc1)NCc1ccnn1C.I. The van der Waals surface area contributed by atoms with Crippen LogP contribution in [0.2, 0.25) is 0 Å². The Hall–Kier alpha value is -1.66. The average molecular weight is 534 g/mol. The molecular weight excluding hydrogens is 503 g/mol. The molecule has 0 amide bonds. The zero-order valence-electron chi connectivity index (χ0n) is 17.6. The Bertz CT molecular complexity index is 894. The minimum absolute atomic E-state index is 0. The van der Waals surface area contributed by atoms with Crippen LogP contribution in [0.25, 0.3) is 0 Å². The first-order valence-corrected chi connectivity index (χ1v) is 10.8. The molecule has 0 aliphatic heterocycles. The van der Waals surface area contributed by atoms with Gasteiger partial charge in [0.25, 0.3) is 0 Å². The van der Waals surface area contributed by atoms with Crippen LogP contribution in [0.15, 0.2) is 46.4 Å². The number of benzene rings is 1. The third kappa shape index (κ3) is 6.96. The molecule has 0 fully saturated rings. The summed E-state index contributed by atoms with van der Waals surface area (Å²) >= 11 is 0. The maximum absolute atomic E-state index is 12.5. The van der Waals surface area contributed by atoms with Gasteiger partial charge in [-0.05, 0) is 44.5 Å². The molecule has 162 valence electrons. The lowest BCUT2D eigenvalue weighted by Gasteiger charge is -2.21. The highest BCUT2D eigenvalue weighted by Gasteiger charge is 2.22. The van der Waals surface area contributed by atoms with Gasteiger partial charge in [0.1, 0.15) is 0 Å². The van der Waals surface area contributed by atoms with Crippen LogP contribution in [0.4, 0.5) is 0 Å². The van der Waals surface area contributed by atoms with Crippen molar-refractivity contribution in [1.82, 2.24) is 24.7 Å². The molecule has 0 aliphatic carbocycles. The molecule has 0 unspecified atom stereocenters. The van der Waals surface area contributed by atoms with Crippen molar-refractivity contribution in [2.45, 2.75) is 44.8 Å². The van der Waals surface area contributed by atoms with Gasteiger partial charge in [-0.2, -0.15) is 9.40 Å². The molecule has 0 radical (unpaired) electrons. The number of aliphatic imine (C=N–C) groups is 1. The lowest BCUT2D eigenvalue weighted by molar-refractivity contribution is 0.410. The summed E-state index contributed by atoms with van der Waals surface area (Å²) in [6, 6.07) is 8.72. The van der Waals surface area contributed by atoms with Gasteiger partial charge in [-0.15, -0.1) is 24.0 Å². The first kappa shape index (κ1) is 25.4.